The molecule has 0 amide bonds. The molecule has 0 aliphatic heterocycles. The van der Waals surface area contributed by atoms with Crippen LogP contribution in [0.2, 0.25) is 0 Å². The third-order valence-corrected chi connectivity index (χ3v) is 1.67. The van der Waals surface area contributed by atoms with Crippen molar-refractivity contribution in [1.29, 1.82) is 0 Å². The number of allylic oxidation sites excluding steroid dienone is 3. The summed E-state index contributed by atoms with van der Waals surface area (Å²) >= 11 is 0. The van der Waals surface area contributed by atoms with Crippen molar-refractivity contribution in [3.05, 3.63) is 23.8 Å². The molecule has 0 aromatic heterocycles. The van der Waals surface area contributed by atoms with Gasteiger partial charge >= 0.3 is 5.97 Å². The Labute approximate surface area is 74.4 Å². The van der Waals surface area contributed by atoms with Crippen LogP contribution in [-0.4, -0.2) is 17.1 Å². The Morgan fingerprint density at radius 3 is 3.17 bits per heavy atom. The number of carbonyl (C=O) groups is 1. The molecule has 0 saturated heterocycles. The summed E-state index contributed by atoms with van der Waals surface area (Å²) in [5, 5.41) is 8.56. The first-order valence-electron chi connectivity index (χ1n) is 4.77. The fraction of sp³-hybridized carbons (Fsp3) is 0.444. The molecule has 0 saturated carbocycles. The van der Waals surface area contributed by atoms with Crippen LogP contribution in [0.5, 0.6) is 0 Å². The lowest BCUT2D eigenvalue weighted by molar-refractivity contribution is -0.138. The molecule has 1 aliphatic rings. The molecule has 0 bridgehead atoms. The van der Waals surface area contributed by atoms with Gasteiger partial charge in [0.2, 0.25) is 0 Å². The molecule has 0 fully saturated rings. The van der Waals surface area contributed by atoms with E-state index in [1.165, 1.54) is 6.08 Å². The Balaban J connectivity index is 2.54. The van der Waals surface area contributed by atoms with Gasteiger partial charge in [0.05, 0.1) is 0 Å². The number of hydrogen-bond donors (Lipinski definition) is 2. The van der Waals surface area contributed by atoms with E-state index in [2.05, 4.69) is 0 Å². The van der Waals surface area contributed by atoms with E-state index in [0.717, 1.165) is 5.57 Å². The first-order valence-corrected chi connectivity index (χ1v) is 3.77. The quantitative estimate of drug-likeness (QED) is 0.664. The second-order valence-electron chi connectivity index (χ2n) is 2.67. The highest BCUT2D eigenvalue weighted by atomic mass is 16.4. The Hall–Kier alpha value is -1.09. The van der Waals surface area contributed by atoms with Crippen molar-refractivity contribution in [3.63, 3.8) is 0 Å². The molecular weight excluding hydrogens is 154 g/mol. The molecule has 1 aliphatic carbocycles. The molecule has 1 atom stereocenters. The number of aliphatic carboxylic acids is 1. The van der Waals surface area contributed by atoms with Crippen molar-refractivity contribution in [3.8, 4) is 0 Å². The lowest BCUT2D eigenvalue weighted by Crippen LogP contribution is -2.30. The molecule has 3 nitrogen and oxygen atoms in total. The van der Waals surface area contributed by atoms with Crippen LogP contribution in [0, 0.1) is 0 Å². The molecular formula is C9H13NO2. The molecule has 3 heteroatoms. The van der Waals surface area contributed by atoms with Crippen molar-refractivity contribution in [2.45, 2.75) is 25.3 Å². The van der Waals surface area contributed by atoms with Gasteiger partial charge in [-0.2, -0.15) is 0 Å². The van der Waals surface area contributed by atoms with Crippen LogP contribution in [0.4, 0.5) is 0 Å². The van der Waals surface area contributed by atoms with Crippen LogP contribution in [-0.2, 0) is 4.79 Å². The zero-order chi connectivity index (χ0) is 10.8. The molecule has 0 aromatic rings. The average Bonchev–Trinajstić information content (AvgIpc) is 2.08. The maximum atomic E-state index is 10.4. The average molecular weight is 169 g/mol. The Morgan fingerprint density at radius 2 is 2.67 bits per heavy atom. The van der Waals surface area contributed by atoms with E-state index < -0.39 is 18.4 Å². The normalized spacial score (nSPS) is 25.2. The van der Waals surface area contributed by atoms with Crippen molar-refractivity contribution < 1.29 is 12.6 Å². The molecule has 3 N–H and O–H groups in total. The zero-order valence-electron chi connectivity index (χ0n) is 8.66. The Kier molecular flexibility index (Phi) is 2.18. The first kappa shape index (κ1) is 6.43. The van der Waals surface area contributed by atoms with Crippen molar-refractivity contribution in [2.75, 3.05) is 0 Å². The summed E-state index contributed by atoms with van der Waals surface area (Å²) in [4.78, 5) is 10.4. The molecule has 0 heterocycles. The lowest BCUT2D eigenvalue weighted by Gasteiger charge is -2.09. The van der Waals surface area contributed by atoms with Crippen LogP contribution in [0.3, 0.4) is 0 Å². The Morgan fingerprint density at radius 1 is 1.92 bits per heavy atom. The SMILES string of the molecule is [2H]C1([2H])C=CC(C[C@H](N)C(=O)O)=CC1. The molecule has 1 rings (SSSR count). The van der Waals surface area contributed by atoms with E-state index in [-0.39, 0.29) is 12.8 Å². The molecule has 0 aromatic carbocycles. The van der Waals surface area contributed by atoms with Gasteiger partial charge in [-0.3, -0.25) is 4.79 Å². The summed E-state index contributed by atoms with van der Waals surface area (Å²) in [7, 11) is 0. The molecule has 0 unspecified atom stereocenters. The molecule has 0 radical (unpaired) electrons. The van der Waals surface area contributed by atoms with Gasteiger partial charge in [0, 0.05) is 2.74 Å². The van der Waals surface area contributed by atoms with Crippen LogP contribution in [0.25, 0.3) is 0 Å². The summed E-state index contributed by atoms with van der Waals surface area (Å²) in [6.45, 7) is 0. The predicted octanol–water partition coefficient (Wildman–Crippen LogP) is 1.06. The fourth-order valence-corrected chi connectivity index (χ4v) is 0.985. The number of rotatable bonds is 3. The standard InChI is InChI=1S/C9H13NO2/c10-8(9(11)12)6-7-4-2-1-3-5-7/h2,4-5,8H,1,3,6,10H2,(H,11,12)/t8-/m0/s1/i1D2. The van der Waals surface area contributed by atoms with E-state index in [1.807, 2.05) is 0 Å². The minimum Gasteiger partial charge on any atom is -0.480 e. The largest absolute Gasteiger partial charge is 0.480 e. The second-order valence-corrected chi connectivity index (χ2v) is 2.67. The summed E-state index contributed by atoms with van der Waals surface area (Å²) < 4.78 is 14.7. The highest BCUT2D eigenvalue weighted by Crippen LogP contribution is 2.13. The van der Waals surface area contributed by atoms with Gasteiger partial charge in [-0.05, 0) is 19.2 Å². The van der Waals surface area contributed by atoms with Gasteiger partial charge in [-0.25, -0.2) is 0 Å². The summed E-state index contributed by atoms with van der Waals surface area (Å²) in [6, 6.07) is -0.908. The maximum Gasteiger partial charge on any atom is 0.320 e. The number of carboxylic acids is 1. The molecule has 0 spiro atoms. The number of nitrogens with two attached hydrogens (primary N) is 1. The number of hydrogen-bond acceptors (Lipinski definition) is 2. The van der Waals surface area contributed by atoms with Crippen LogP contribution < -0.4 is 5.73 Å². The van der Waals surface area contributed by atoms with Gasteiger partial charge in [-0.15, -0.1) is 0 Å². The number of carboxylic acid groups (broad SMARTS) is 1. The minimum atomic E-state index is -1.31. The summed E-state index contributed by atoms with van der Waals surface area (Å²) in [5.41, 5.74) is 6.13. The van der Waals surface area contributed by atoms with Crippen molar-refractivity contribution in [2.24, 2.45) is 5.73 Å². The molecule has 66 valence electrons. The van der Waals surface area contributed by atoms with E-state index in [4.69, 9.17) is 13.6 Å². The van der Waals surface area contributed by atoms with Crippen molar-refractivity contribution >= 4 is 5.97 Å². The monoisotopic (exact) mass is 169 g/mol. The van der Waals surface area contributed by atoms with Crippen LogP contribution in [0.1, 0.15) is 22.0 Å². The van der Waals surface area contributed by atoms with Gasteiger partial charge < -0.3 is 10.8 Å². The fourth-order valence-electron chi connectivity index (χ4n) is 0.985. The molecule has 12 heavy (non-hydrogen) atoms. The van der Waals surface area contributed by atoms with Crippen LogP contribution in [0.15, 0.2) is 23.8 Å². The summed E-state index contributed by atoms with van der Waals surface area (Å²) in [5.74, 6) is -1.03. The van der Waals surface area contributed by atoms with Gasteiger partial charge in [0.25, 0.3) is 0 Å². The highest BCUT2D eigenvalue weighted by Gasteiger charge is 2.12. The van der Waals surface area contributed by atoms with Gasteiger partial charge in [-0.1, -0.05) is 23.8 Å². The second kappa shape index (κ2) is 4.07. The van der Waals surface area contributed by atoms with E-state index >= 15 is 0 Å². The summed E-state index contributed by atoms with van der Waals surface area (Å²) in [6.07, 6.45) is 3.97. The topological polar surface area (TPSA) is 63.3 Å². The third kappa shape index (κ3) is 2.51. The van der Waals surface area contributed by atoms with Gasteiger partial charge in [0.15, 0.2) is 0 Å². The predicted molar refractivity (Wildman–Crippen MR) is 46.7 cm³/mol. The Bertz CT molecular complexity index is 297. The van der Waals surface area contributed by atoms with Crippen LogP contribution >= 0.6 is 0 Å². The zero-order valence-corrected chi connectivity index (χ0v) is 6.66. The van der Waals surface area contributed by atoms with E-state index in [1.54, 1.807) is 12.2 Å². The first-order chi connectivity index (χ1) is 6.41. The smallest absolute Gasteiger partial charge is 0.320 e. The van der Waals surface area contributed by atoms with Crippen molar-refractivity contribution in [1.82, 2.24) is 0 Å². The van der Waals surface area contributed by atoms with E-state index in [0.29, 0.717) is 0 Å². The lowest BCUT2D eigenvalue weighted by atomic mass is 10.0. The minimum absolute atomic E-state index is 0.252. The van der Waals surface area contributed by atoms with E-state index in [9.17, 15) is 4.79 Å². The highest BCUT2D eigenvalue weighted by molar-refractivity contribution is 5.73. The maximum absolute atomic E-state index is 10.4. The van der Waals surface area contributed by atoms with Gasteiger partial charge in [0.1, 0.15) is 6.04 Å². The third-order valence-electron chi connectivity index (χ3n) is 1.67.